The number of hydrogen-bond acceptors (Lipinski definition) is 1. The quantitative estimate of drug-likeness (QED) is 0.446. The van der Waals surface area contributed by atoms with E-state index in [1.807, 2.05) is 26.8 Å². The van der Waals surface area contributed by atoms with Crippen LogP contribution in [-0.2, 0) is 0 Å². The summed E-state index contributed by atoms with van der Waals surface area (Å²) in [4.78, 5) is 4.30. The molecule has 0 heterocycles. The predicted molar refractivity (Wildman–Crippen MR) is 56.7 cm³/mol. The highest BCUT2D eigenvalue weighted by molar-refractivity contribution is 5.92. The van der Waals surface area contributed by atoms with Crippen molar-refractivity contribution in [2.45, 2.75) is 20.8 Å². The van der Waals surface area contributed by atoms with Crippen LogP contribution in [0, 0.1) is 0 Å². The molecule has 0 saturated carbocycles. The highest BCUT2D eigenvalue weighted by Crippen LogP contribution is 2.06. The van der Waals surface area contributed by atoms with Crippen molar-refractivity contribution in [3.63, 3.8) is 0 Å². The van der Waals surface area contributed by atoms with E-state index in [1.165, 1.54) is 5.57 Å². The molecule has 0 atom stereocenters. The second-order valence-corrected chi connectivity index (χ2v) is 2.76. The van der Waals surface area contributed by atoms with Crippen molar-refractivity contribution >= 4 is 5.71 Å². The maximum absolute atomic E-state index is 4.30. The zero-order valence-corrected chi connectivity index (χ0v) is 8.22. The summed E-state index contributed by atoms with van der Waals surface area (Å²) in [5, 5.41) is 0. The van der Waals surface area contributed by atoms with E-state index >= 15 is 0 Å². The molecule has 0 fully saturated rings. The molecule has 0 aromatic heterocycles. The third-order valence-electron chi connectivity index (χ3n) is 1.69. The van der Waals surface area contributed by atoms with Crippen molar-refractivity contribution in [1.29, 1.82) is 0 Å². The molecule has 12 heavy (non-hydrogen) atoms. The van der Waals surface area contributed by atoms with Crippen molar-refractivity contribution < 1.29 is 0 Å². The molecule has 0 aliphatic carbocycles. The van der Waals surface area contributed by atoms with Gasteiger partial charge in [0.25, 0.3) is 0 Å². The van der Waals surface area contributed by atoms with Gasteiger partial charge in [0.2, 0.25) is 0 Å². The van der Waals surface area contributed by atoms with Crippen molar-refractivity contribution in [3.05, 3.63) is 36.5 Å². The van der Waals surface area contributed by atoms with E-state index in [0.29, 0.717) is 6.54 Å². The van der Waals surface area contributed by atoms with Crippen LogP contribution in [0.2, 0.25) is 0 Å². The van der Waals surface area contributed by atoms with Crippen LogP contribution in [-0.4, -0.2) is 12.3 Å². The zero-order chi connectivity index (χ0) is 9.56. The minimum Gasteiger partial charge on any atom is -0.285 e. The van der Waals surface area contributed by atoms with Gasteiger partial charge in [-0.1, -0.05) is 24.8 Å². The normalized spacial score (nSPS) is 12.9. The van der Waals surface area contributed by atoms with E-state index < -0.39 is 0 Å². The van der Waals surface area contributed by atoms with E-state index in [0.717, 1.165) is 11.3 Å². The second-order valence-electron chi connectivity index (χ2n) is 2.76. The maximum atomic E-state index is 4.30. The minimum absolute atomic E-state index is 0.712. The topological polar surface area (TPSA) is 12.4 Å². The molecule has 0 aliphatic heterocycles. The molecule has 0 bridgehead atoms. The first kappa shape index (κ1) is 10.9. The first-order chi connectivity index (χ1) is 5.61. The number of nitrogens with zero attached hydrogens (tertiary/aromatic N) is 1. The van der Waals surface area contributed by atoms with E-state index in [-0.39, 0.29) is 0 Å². The van der Waals surface area contributed by atoms with Crippen LogP contribution in [0.15, 0.2) is 41.4 Å². The Balaban J connectivity index is 4.25. The lowest BCUT2D eigenvalue weighted by Crippen LogP contribution is -1.93. The lowest BCUT2D eigenvalue weighted by Gasteiger charge is -2.01. The molecule has 66 valence electrons. The van der Waals surface area contributed by atoms with E-state index in [9.17, 15) is 0 Å². The molecule has 0 radical (unpaired) electrons. The highest BCUT2D eigenvalue weighted by atomic mass is 14.7. The van der Waals surface area contributed by atoms with Crippen molar-refractivity contribution in [2.24, 2.45) is 4.99 Å². The van der Waals surface area contributed by atoms with Crippen LogP contribution in [0.4, 0.5) is 0 Å². The Bertz CT molecular complexity index is 231. The van der Waals surface area contributed by atoms with Gasteiger partial charge in [0, 0.05) is 5.71 Å². The lowest BCUT2D eigenvalue weighted by molar-refractivity contribution is 1.13. The Morgan fingerprint density at radius 2 is 2.00 bits per heavy atom. The molecule has 0 rings (SSSR count). The molecular weight excluding hydrogens is 146 g/mol. The number of rotatable bonds is 4. The fraction of sp³-hybridized carbons (Fsp3) is 0.364. The average molecular weight is 163 g/mol. The fourth-order valence-electron chi connectivity index (χ4n) is 0.747. The Kier molecular flexibility index (Phi) is 5.02. The van der Waals surface area contributed by atoms with Crippen LogP contribution >= 0.6 is 0 Å². The maximum Gasteiger partial charge on any atom is 0.0642 e. The standard InChI is InChI=1S/C11H17N/c1-6-10(5)12-8-11(7-2)9(3)4/h6-7H,1,3,8H2,2,4-5H3. The Morgan fingerprint density at radius 1 is 1.42 bits per heavy atom. The Labute approximate surface area is 75.2 Å². The van der Waals surface area contributed by atoms with Gasteiger partial charge >= 0.3 is 0 Å². The predicted octanol–water partition coefficient (Wildman–Crippen LogP) is 3.16. The number of aliphatic imine (C=N–C) groups is 1. The van der Waals surface area contributed by atoms with Gasteiger partial charge in [-0.3, -0.25) is 4.99 Å². The summed E-state index contributed by atoms with van der Waals surface area (Å²) in [7, 11) is 0. The highest BCUT2D eigenvalue weighted by Gasteiger charge is 1.93. The van der Waals surface area contributed by atoms with Crippen molar-refractivity contribution in [2.75, 3.05) is 6.54 Å². The number of allylic oxidation sites excluding steroid dienone is 2. The minimum atomic E-state index is 0.712. The van der Waals surface area contributed by atoms with Gasteiger partial charge in [-0.25, -0.2) is 0 Å². The molecule has 0 N–H and O–H groups in total. The van der Waals surface area contributed by atoms with Crippen molar-refractivity contribution in [1.82, 2.24) is 0 Å². The summed E-state index contributed by atoms with van der Waals surface area (Å²) in [6, 6.07) is 0. The summed E-state index contributed by atoms with van der Waals surface area (Å²) < 4.78 is 0. The Morgan fingerprint density at radius 3 is 2.33 bits per heavy atom. The van der Waals surface area contributed by atoms with Crippen molar-refractivity contribution in [3.8, 4) is 0 Å². The van der Waals surface area contributed by atoms with Gasteiger partial charge in [0.1, 0.15) is 0 Å². The Hall–Kier alpha value is -1.11. The summed E-state index contributed by atoms with van der Waals surface area (Å²) in [6.07, 6.45) is 3.80. The van der Waals surface area contributed by atoms with E-state index in [1.54, 1.807) is 6.08 Å². The fourth-order valence-corrected chi connectivity index (χ4v) is 0.747. The first-order valence-corrected chi connectivity index (χ1v) is 4.06. The summed E-state index contributed by atoms with van der Waals surface area (Å²) in [5.41, 5.74) is 3.24. The summed E-state index contributed by atoms with van der Waals surface area (Å²) >= 11 is 0. The molecule has 1 heteroatoms. The van der Waals surface area contributed by atoms with Gasteiger partial charge in [-0.2, -0.15) is 0 Å². The molecule has 0 saturated heterocycles. The SMILES string of the molecule is C=CC(C)=NCC(=CC)C(=C)C. The molecule has 0 aromatic carbocycles. The largest absolute Gasteiger partial charge is 0.285 e. The average Bonchev–Trinajstić information content (AvgIpc) is 2.04. The van der Waals surface area contributed by atoms with Crippen LogP contribution in [0.25, 0.3) is 0 Å². The lowest BCUT2D eigenvalue weighted by atomic mass is 10.1. The molecule has 0 unspecified atom stereocenters. The van der Waals surface area contributed by atoms with Gasteiger partial charge in [0.05, 0.1) is 6.54 Å². The summed E-state index contributed by atoms with van der Waals surface area (Å²) in [6.45, 7) is 14.2. The molecule has 0 spiro atoms. The third-order valence-corrected chi connectivity index (χ3v) is 1.69. The smallest absolute Gasteiger partial charge is 0.0642 e. The molecule has 0 amide bonds. The second kappa shape index (κ2) is 5.53. The first-order valence-electron chi connectivity index (χ1n) is 4.06. The monoisotopic (exact) mass is 163 g/mol. The molecular formula is C11H17N. The van der Waals surface area contributed by atoms with E-state index in [4.69, 9.17) is 0 Å². The molecule has 0 aromatic rings. The van der Waals surface area contributed by atoms with Gasteiger partial charge < -0.3 is 0 Å². The van der Waals surface area contributed by atoms with Crippen LogP contribution in [0.5, 0.6) is 0 Å². The van der Waals surface area contributed by atoms with Crippen LogP contribution < -0.4 is 0 Å². The van der Waals surface area contributed by atoms with Crippen LogP contribution in [0.3, 0.4) is 0 Å². The molecule has 1 nitrogen and oxygen atoms in total. The van der Waals surface area contributed by atoms with Gasteiger partial charge in [-0.05, 0) is 32.4 Å². The summed E-state index contributed by atoms with van der Waals surface area (Å²) in [5.74, 6) is 0. The van der Waals surface area contributed by atoms with Crippen LogP contribution in [0.1, 0.15) is 20.8 Å². The number of hydrogen-bond donors (Lipinski definition) is 0. The van der Waals surface area contributed by atoms with Gasteiger partial charge in [0.15, 0.2) is 0 Å². The third kappa shape index (κ3) is 3.91. The zero-order valence-electron chi connectivity index (χ0n) is 8.22. The molecule has 0 aliphatic rings. The van der Waals surface area contributed by atoms with Gasteiger partial charge in [-0.15, -0.1) is 0 Å². The van der Waals surface area contributed by atoms with E-state index in [2.05, 4.69) is 18.2 Å².